The minimum absolute atomic E-state index is 0.0169. The van der Waals surface area contributed by atoms with E-state index in [0.29, 0.717) is 38.2 Å². The molecule has 0 radical (unpaired) electrons. The Morgan fingerprint density at radius 1 is 1.00 bits per heavy atom. The van der Waals surface area contributed by atoms with Gasteiger partial charge in [0, 0.05) is 45.1 Å². The molecule has 3 rings (SSSR count). The molecule has 2 N–H and O–H groups in total. The van der Waals surface area contributed by atoms with Crippen LogP contribution in [0.2, 0.25) is 0 Å². The average Bonchev–Trinajstić information content (AvgIpc) is 2.76. The van der Waals surface area contributed by atoms with Gasteiger partial charge < -0.3 is 15.5 Å². The maximum Gasteiger partial charge on any atom is 0.292 e. The molecule has 2 amide bonds. The Labute approximate surface area is 175 Å². The first-order valence-corrected chi connectivity index (χ1v) is 10.1. The van der Waals surface area contributed by atoms with Crippen LogP contribution in [0.15, 0.2) is 48.5 Å². The lowest BCUT2D eigenvalue weighted by atomic mass is 9.99. The number of anilines is 1. The summed E-state index contributed by atoms with van der Waals surface area (Å²) in [6.07, 6.45) is 2.06. The molecule has 0 atom stereocenters. The second-order valence-electron chi connectivity index (χ2n) is 7.24. The first-order chi connectivity index (χ1) is 14.5. The fourth-order valence-corrected chi connectivity index (χ4v) is 3.52. The standard InChI is InChI=1S/C22H26N4O4/c27-21(11-14-23-19-8-3-4-9-20(19)26(29)30)24-13-5-10-22(28)25-15-12-17-6-1-2-7-18(17)16-25/h1-4,6-9,23H,5,10-16H2,(H,24,27). The van der Waals surface area contributed by atoms with E-state index in [2.05, 4.69) is 22.8 Å². The largest absolute Gasteiger partial charge is 0.379 e. The van der Waals surface area contributed by atoms with Crippen molar-refractivity contribution in [2.45, 2.75) is 32.2 Å². The maximum atomic E-state index is 12.4. The fraction of sp³-hybridized carbons (Fsp3) is 0.364. The Hall–Kier alpha value is -3.42. The van der Waals surface area contributed by atoms with Crippen molar-refractivity contribution in [1.29, 1.82) is 0 Å². The summed E-state index contributed by atoms with van der Waals surface area (Å²) in [5.41, 5.74) is 2.89. The van der Waals surface area contributed by atoms with Crippen LogP contribution in [0.1, 0.15) is 30.4 Å². The summed E-state index contributed by atoms with van der Waals surface area (Å²) in [7, 11) is 0. The molecule has 0 saturated carbocycles. The number of carbonyl (C=O) groups excluding carboxylic acids is 2. The lowest BCUT2D eigenvalue weighted by molar-refractivity contribution is -0.384. The molecule has 8 nitrogen and oxygen atoms in total. The van der Waals surface area contributed by atoms with E-state index < -0.39 is 4.92 Å². The van der Waals surface area contributed by atoms with Crippen LogP contribution >= 0.6 is 0 Å². The lowest BCUT2D eigenvalue weighted by Gasteiger charge is -2.29. The molecule has 1 heterocycles. The summed E-state index contributed by atoms with van der Waals surface area (Å²) in [6.45, 7) is 2.11. The zero-order chi connectivity index (χ0) is 21.3. The van der Waals surface area contributed by atoms with Crippen molar-refractivity contribution in [3.63, 3.8) is 0 Å². The highest BCUT2D eigenvalue weighted by Crippen LogP contribution is 2.23. The van der Waals surface area contributed by atoms with Crippen molar-refractivity contribution in [1.82, 2.24) is 10.2 Å². The predicted molar refractivity (Wildman–Crippen MR) is 114 cm³/mol. The number of nitrogens with one attached hydrogen (secondary N) is 2. The van der Waals surface area contributed by atoms with E-state index in [1.165, 1.54) is 17.2 Å². The third-order valence-electron chi connectivity index (χ3n) is 5.14. The molecular formula is C22H26N4O4. The van der Waals surface area contributed by atoms with Crippen LogP contribution in [0.4, 0.5) is 11.4 Å². The second-order valence-corrected chi connectivity index (χ2v) is 7.24. The minimum atomic E-state index is -0.458. The second kappa shape index (κ2) is 10.4. The summed E-state index contributed by atoms with van der Waals surface area (Å²) in [5.74, 6) is -0.0442. The van der Waals surface area contributed by atoms with Crippen molar-refractivity contribution < 1.29 is 14.5 Å². The molecule has 2 aromatic rings. The molecule has 0 fully saturated rings. The number of hydrogen-bond donors (Lipinski definition) is 2. The van der Waals surface area contributed by atoms with Crippen molar-refractivity contribution in [2.75, 3.05) is 25.0 Å². The highest BCUT2D eigenvalue weighted by atomic mass is 16.6. The fourth-order valence-electron chi connectivity index (χ4n) is 3.52. The van der Waals surface area contributed by atoms with E-state index in [1.807, 2.05) is 17.0 Å². The van der Waals surface area contributed by atoms with Crippen LogP contribution in [0.25, 0.3) is 0 Å². The minimum Gasteiger partial charge on any atom is -0.379 e. The number of para-hydroxylation sites is 2. The summed E-state index contributed by atoms with van der Waals surface area (Å²) < 4.78 is 0. The van der Waals surface area contributed by atoms with Gasteiger partial charge in [-0.3, -0.25) is 19.7 Å². The first-order valence-electron chi connectivity index (χ1n) is 10.1. The van der Waals surface area contributed by atoms with Gasteiger partial charge in [0.25, 0.3) is 5.69 Å². The van der Waals surface area contributed by atoms with Gasteiger partial charge in [-0.15, -0.1) is 0 Å². The van der Waals surface area contributed by atoms with Crippen LogP contribution in [-0.4, -0.2) is 41.3 Å². The van der Waals surface area contributed by atoms with Crippen LogP contribution in [0.5, 0.6) is 0 Å². The normalized spacial score (nSPS) is 12.7. The summed E-state index contributed by atoms with van der Waals surface area (Å²) in [5, 5.41) is 16.7. The molecule has 0 bridgehead atoms. The van der Waals surface area contributed by atoms with Gasteiger partial charge in [-0.25, -0.2) is 0 Å². The van der Waals surface area contributed by atoms with E-state index >= 15 is 0 Å². The predicted octanol–water partition coefficient (Wildman–Crippen LogP) is 2.88. The van der Waals surface area contributed by atoms with Gasteiger partial charge in [-0.05, 0) is 30.0 Å². The third kappa shape index (κ3) is 5.79. The van der Waals surface area contributed by atoms with E-state index in [-0.39, 0.29) is 23.9 Å². The van der Waals surface area contributed by atoms with Gasteiger partial charge in [0.05, 0.1) is 4.92 Å². The number of nitrogens with zero attached hydrogens (tertiary/aromatic N) is 2. The van der Waals surface area contributed by atoms with Gasteiger partial charge in [0.15, 0.2) is 0 Å². The van der Waals surface area contributed by atoms with E-state index in [1.54, 1.807) is 18.2 Å². The Morgan fingerprint density at radius 2 is 1.73 bits per heavy atom. The topological polar surface area (TPSA) is 105 Å². The number of fused-ring (bicyclic) bond motifs is 1. The van der Waals surface area contributed by atoms with Gasteiger partial charge in [-0.1, -0.05) is 36.4 Å². The molecule has 1 aliphatic rings. The molecule has 0 spiro atoms. The number of rotatable bonds is 9. The zero-order valence-corrected chi connectivity index (χ0v) is 16.8. The summed E-state index contributed by atoms with van der Waals surface area (Å²) in [4.78, 5) is 36.8. The number of hydrogen-bond acceptors (Lipinski definition) is 5. The zero-order valence-electron chi connectivity index (χ0n) is 16.8. The Balaban J connectivity index is 1.32. The molecule has 8 heteroatoms. The number of nitro groups is 1. The van der Waals surface area contributed by atoms with Crippen molar-refractivity contribution in [2.24, 2.45) is 0 Å². The van der Waals surface area contributed by atoms with Crippen LogP contribution in [0.3, 0.4) is 0 Å². The average molecular weight is 410 g/mol. The van der Waals surface area contributed by atoms with Gasteiger partial charge in [0.1, 0.15) is 5.69 Å². The van der Waals surface area contributed by atoms with Crippen molar-refractivity contribution in [3.05, 3.63) is 69.8 Å². The number of carbonyl (C=O) groups is 2. The molecule has 2 aromatic carbocycles. The molecule has 30 heavy (non-hydrogen) atoms. The summed E-state index contributed by atoms with van der Waals surface area (Å²) >= 11 is 0. The van der Waals surface area contributed by atoms with Gasteiger partial charge in [0.2, 0.25) is 11.8 Å². The number of benzene rings is 2. The molecule has 158 valence electrons. The first kappa shape index (κ1) is 21.3. The lowest BCUT2D eigenvalue weighted by Crippen LogP contribution is -2.36. The van der Waals surface area contributed by atoms with Crippen molar-refractivity contribution >= 4 is 23.2 Å². The smallest absolute Gasteiger partial charge is 0.292 e. The highest BCUT2D eigenvalue weighted by Gasteiger charge is 2.19. The number of amides is 2. The summed E-state index contributed by atoms with van der Waals surface area (Å²) in [6, 6.07) is 14.5. The highest BCUT2D eigenvalue weighted by molar-refractivity contribution is 5.78. The van der Waals surface area contributed by atoms with Crippen LogP contribution < -0.4 is 10.6 Å². The number of nitro benzene ring substituents is 1. The van der Waals surface area contributed by atoms with Crippen molar-refractivity contribution in [3.8, 4) is 0 Å². The Morgan fingerprint density at radius 3 is 2.53 bits per heavy atom. The van der Waals surface area contributed by atoms with E-state index in [0.717, 1.165) is 13.0 Å². The molecule has 0 aromatic heterocycles. The molecular weight excluding hydrogens is 384 g/mol. The van der Waals surface area contributed by atoms with Gasteiger partial charge in [-0.2, -0.15) is 0 Å². The molecule has 0 aliphatic carbocycles. The monoisotopic (exact) mass is 410 g/mol. The third-order valence-corrected chi connectivity index (χ3v) is 5.14. The van der Waals surface area contributed by atoms with Crippen LogP contribution in [-0.2, 0) is 22.6 Å². The quantitative estimate of drug-likeness (QED) is 0.376. The van der Waals surface area contributed by atoms with Gasteiger partial charge >= 0.3 is 0 Å². The van der Waals surface area contributed by atoms with Crippen LogP contribution in [0, 0.1) is 10.1 Å². The van der Waals surface area contributed by atoms with E-state index in [9.17, 15) is 19.7 Å². The molecule has 0 unspecified atom stereocenters. The Kier molecular flexibility index (Phi) is 7.37. The van der Waals surface area contributed by atoms with E-state index in [4.69, 9.17) is 0 Å². The molecule has 1 aliphatic heterocycles. The Bertz CT molecular complexity index is 916. The SMILES string of the molecule is O=C(CCNc1ccccc1[N+](=O)[O-])NCCCC(=O)N1CCc2ccccc2C1. The maximum absolute atomic E-state index is 12.4. The molecule has 0 saturated heterocycles.